The highest BCUT2D eigenvalue weighted by Crippen LogP contribution is 2.29. The molecular weight excluding hydrogens is 265 g/mol. The summed E-state index contributed by atoms with van der Waals surface area (Å²) in [6, 6.07) is 2.97. The Kier molecular flexibility index (Phi) is 4.23. The maximum absolute atomic E-state index is 13.6. The first-order valence-electron chi connectivity index (χ1n) is 4.31. The summed E-state index contributed by atoms with van der Waals surface area (Å²) in [6.45, 7) is 0.107. The fourth-order valence-corrected chi connectivity index (χ4v) is 1.67. The zero-order chi connectivity index (χ0) is 11.4. The van der Waals surface area contributed by atoms with E-state index in [1.807, 2.05) is 0 Å². The minimum absolute atomic E-state index is 0.0528. The van der Waals surface area contributed by atoms with Crippen molar-refractivity contribution in [3.05, 3.63) is 28.0 Å². The minimum atomic E-state index is -0.588. The standard InChI is InChI=1S/C10H11BrFNO2/c1-13-5-7(14)6-3-4-8(15-2)9(11)10(6)12/h3-4,13H,5H2,1-2H3. The van der Waals surface area contributed by atoms with E-state index in [9.17, 15) is 9.18 Å². The number of carbonyl (C=O) groups excluding carboxylic acids is 1. The lowest BCUT2D eigenvalue weighted by atomic mass is 10.1. The van der Waals surface area contributed by atoms with Crippen molar-refractivity contribution in [2.24, 2.45) is 0 Å². The van der Waals surface area contributed by atoms with E-state index in [0.717, 1.165) is 0 Å². The Morgan fingerprint density at radius 3 is 2.80 bits per heavy atom. The second-order valence-corrected chi connectivity index (χ2v) is 3.69. The molecule has 0 aliphatic heterocycles. The number of rotatable bonds is 4. The summed E-state index contributed by atoms with van der Waals surface area (Å²) in [4.78, 5) is 11.5. The monoisotopic (exact) mass is 275 g/mol. The van der Waals surface area contributed by atoms with Crippen molar-refractivity contribution in [2.45, 2.75) is 0 Å². The number of nitrogens with one attached hydrogen (secondary N) is 1. The maximum Gasteiger partial charge on any atom is 0.179 e. The number of benzene rings is 1. The fourth-order valence-electron chi connectivity index (χ4n) is 1.16. The van der Waals surface area contributed by atoms with Gasteiger partial charge in [0.05, 0.1) is 23.7 Å². The van der Waals surface area contributed by atoms with Crippen molar-refractivity contribution >= 4 is 21.7 Å². The van der Waals surface area contributed by atoms with Crippen molar-refractivity contribution in [2.75, 3.05) is 20.7 Å². The Hall–Kier alpha value is -0.940. The maximum atomic E-state index is 13.6. The molecule has 1 rings (SSSR count). The first kappa shape index (κ1) is 12.1. The number of hydrogen-bond donors (Lipinski definition) is 1. The van der Waals surface area contributed by atoms with Crippen LogP contribution in [-0.2, 0) is 0 Å². The van der Waals surface area contributed by atoms with Gasteiger partial charge in [0.15, 0.2) is 11.6 Å². The lowest BCUT2D eigenvalue weighted by molar-refractivity contribution is 0.0989. The molecule has 0 radical (unpaired) electrons. The molecule has 0 saturated carbocycles. The Labute approximate surface area is 95.7 Å². The number of ketones is 1. The van der Waals surface area contributed by atoms with Crippen molar-refractivity contribution < 1.29 is 13.9 Å². The topological polar surface area (TPSA) is 38.3 Å². The lowest BCUT2D eigenvalue weighted by Gasteiger charge is -2.07. The number of likely N-dealkylation sites (N-methyl/N-ethyl adjacent to an activating group) is 1. The van der Waals surface area contributed by atoms with Crippen molar-refractivity contribution in [1.29, 1.82) is 0 Å². The molecule has 0 amide bonds. The van der Waals surface area contributed by atoms with E-state index in [1.54, 1.807) is 13.1 Å². The number of carbonyl (C=O) groups is 1. The van der Waals surface area contributed by atoms with E-state index in [1.165, 1.54) is 13.2 Å². The van der Waals surface area contributed by atoms with Gasteiger partial charge in [0.2, 0.25) is 0 Å². The summed E-state index contributed by atoms with van der Waals surface area (Å²) in [5.41, 5.74) is 0.0528. The van der Waals surface area contributed by atoms with E-state index in [2.05, 4.69) is 21.2 Å². The Balaban J connectivity index is 3.11. The second-order valence-electron chi connectivity index (χ2n) is 2.90. The third-order valence-corrected chi connectivity index (χ3v) is 2.64. The third kappa shape index (κ3) is 2.54. The van der Waals surface area contributed by atoms with Gasteiger partial charge in [0.1, 0.15) is 5.75 Å². The molecule has 1 aromatic carbocycles. The highest BCUT2D eigenvalue weighted by molar-refractivity contribution is 9.10. The van der Waals surface area contributed by atoms with E-state index in [-0.39, 0.29) is 22.4 Å². The van der Waals surface area contributed by atoms with Crippen molar-refractivity contribution in [1.82, 2.24) is 5.32 Å². The predicted octanol–water partition coefficient (Wildman–Crippen LogP) is 2.00. The van der Waals surface area contributed by atoms with Crippen molar-refractivity contribution in [3.8, 4) is 5.75 Å². The average Bonchev–Trinajstić information content (AvgIpc) is 2.22. The van der Waals surface area contributed by atoms with E-state index < -0.39 is 5.82 Å². The summed E-state index contributed by atoms with van der Waals surface area (Å²) in [7, 11) is 3.07. The molecule has 1 N–H and O–H groups in total. The summed E-state index contributed by atoms with van der Waals surface area (Å²) in [5, 5.41) is 2.68. The second kappa shape index (κ2) is 5.23. The third-order valence-electron chi connectivity index (χ3n) is 1.90. The van der Waals surface area contributed by atoms with Crippen LogP contribution in [0.2, 0.25) is 0 Å². The molecule has 0 fully saturated rings. The quantitative estimate of drug-likeness (QED) is 0.855. The van der Waals surface area contributed by atoms with Gasteiger partial charge in [-0.15, -0.1) is 0 Å². The van der Waals surface area contributed by atoms with Crippen molar-refractivity contribution in [3.63, 3.8) is 0 Å². The van der Waals surface area contributed by atoms with Gasteiger partial charge in [-0.05, 0) is 35.1 Å². The van der Waals surface area contributed by atoms with E-state index in [0.29, 0.717) is 5.75 Å². The molecule has 0 aliphatic carbocycles. The van der Waals surface area contributed by atoms with Gasteiger partial charge in [-0.25, -0.2) is 4.39 Å². The zero-order valence-electron chi connectivity index (χ0n) is 8.43. The predicted molar refractivity (Wildman–Crippen MR) is 58.9 cm³/mol. The molecule has 0 saturated heterocycles. The van der Waals surface area contributed by atoms with Crippen LogP contribution in [0.3, 0.4) is 0 Å². The SMILES string of the molecule is CNCC(=O)c1ccc(OC)c(Br)c1F. The van der Waals surface area contributed by atoms with Gasteiger partial charge in [-0.1, -0.05) is 0 Å². The molecule has 0 spiro atoms. The van der Waals surface area contributed by atoms with E-state index >= 15 is 0 Å². The molecule has 82 valence electrons. The molecule has 0 unspecified atom stereocenters. The average molecular weight is 276 g/mol. The van der Waals surface area contributed by atoms with E-state index in [4.69, 9.17) is 4.74 Å². The minimum Gasteiger partial charge on any atom is -0.495 e. The molecule has 0 heterocycles. The fraction of sp³-hybridized carbons (Fsp3) is 0.300. The Bertz CT molecular complexity index is 382. The smallest absolute Gasteiger partial charge is 0.179 e. The van der Waals surface area contributed by atoms with Crippen LogP contribution in [0.25, 0.3) is 0 Å². The van der Waals surface area contributed by atoms with Crippen LogP contribution in [0.5, 0.6) is 5.75 Å². The lowest BCUT2D eigenvalue weighted by Crippen LogP contribution is -2.19. The number of Topliss-reactive ketones (excluding diaryl/α,β-unsaturated/α-hetero) is 1. The van der Waals surface area contributed by atoms with Crippen LogP contribution in [-0.4, -0.2) is 26.5 Å². The molecule has 0 bridgehead atoms. The first-order chi connectivity index (χ1) is 7.11. The normalized spacial score (nSPS) is 10.1. The van der Waals surface area contributed by atoms with Gasteiger partial charge in [0, 0.05) is 0 Å². The number of ether oxygens (including phenoxy) is 1. The molecular formula is C10H11BrFNO2. The zero-order valence-corrected chi connectivity index (χ0v) is 10.0. The van der Waals surface area contributed by atoms with Gasteiger partial charge in [0.25, 0.3) is 0 Å². The van der Waals surface area contributed by atoms with Crippen LogP contribution in [0, 0.1) is 5.82 Å². The van der Waals surface area contributed by atoms with Gasteiger partial charge in [-0.3, -0.25) is 4.79 Å². The van der Waals surface area contributed by atoms with Crippen LogP contribution in [0.15, 0.2) is 16.6 Å². The van der Waals surface area contributed by atoms with Crippen LogP contribution in [0.1, 0.15) is 10.4 Å². The first-order valence-corrected chi connectivity index (χ1v) is 5.11. The largest absolute Gasteiger partial charge is 0.495 e. The van der Waals surface area contributed by atoms with Crippen LogP contribution in [0.4, 0.5) is 4.39 Å². The highest BCUT2D eigenvalue weighted by atomic mass is 79.9. The highest BCUT2D eigenvalue weighted by Gasteiger charge is 2.16. The number of methoxy groups -OCH3 is 1. The number of halogens is 2. The summed E-state index contributed by atoms with van der Waals surface area (Å²) in [5.74, 6) is -0.513. The van der Waals surface area contributed by atoms with Gasteiger partial charge >= 0.3 is 0 Å². The Morgan fingerprint density at radius 1 is 1.60 bits per heavy atom. The summed E-state index contributed by atoms with van der Waals surface area (Å²) in [6.07, 6.45) is 0. The summed E-state index contributed by atoms with van der Waals surface area (Å²) < 4.78 is 18.7. The van der Waals surface area contributed by atoms with Gasteiger partial charge in [-0.2, -0.15) is 0 Å². The molecule has 0 aromatic heterocycles. The molecule has 15 heavy (non-hydrogen) atoms. The Morgan fingerprint density at radius 2 is 2.27 bits per heavy atom. The molecule has 5 heteroatoms. The summed E-state index contributed by atoms with van der Waals surface area (Å²) >= 11 is 3.04. The molecule has 0 atom stereocenters. The number of hydrogen-bond acceptors (Lipinski definition) is 3. The molecule has 0 aliphatic rings. The van der Waals surface area contributed by atoms with Crippen LogP contribution < -0.4 is 10.1 Å². The molecule has 1 aromatic rings. The van der Waals surface area contributed by atoms with Gasteiger partial charge < -0.3 is 10.1 Å². The van der Waals surface area contributed by atoms with Crippen LogP contribution >= 0.6 is 15.9 Å². The molecule has 3 nitrogen and oxygen atoms in total.